The number of aliphatic hydroxyl groups excluding tert-OH is 1. The molecule has 0 radical (unpaired) electrons. The quantitative estimate of drug-likeness (QED) is 0.768. The smallest absolute Gasteiger partial charge is 0.113 e. The molecule has 1 heterocycles. The fourth-order valence-electron chi connectivity index (χ4n) is 2.59. The van der Waals surface area contributed by atoms with Gasteiger partial charge in [-0.2, -0.15) is 0 Å². The molecule has 1 nitrogen and oxygen atoms in total. The average Bonchev–Trinajstić information content (AvgIpc) is 2.77. The van der Waals surface area contributed by atoms with Crippen LogP contribution in [0.3, 0.4) is 0 Å². The lowest BCUT2D eigenvalue weighted by molar-refractivity contribution is 0.222. The van der Waals surface area contributed by atoms with Crippen molar-refractivity contribution in [2.75, 3.05) is 0 Å². The van der Waals surface area contributed by atoms with Crippen LogP contribution in [0.4, 0.5) is 0 Å². The summed E-state index contributed by atoms with van der Waals surface area (Å²) in [6, 6.07) is 8.65. The fraction of sp³-hybridized carbons (Fsp3) is 0.474. The maximum atomic E-state index is 10.8. The van der Waals surface area contributed by atoms with Crippen molar-refractivity contribution in [2.45, 2.75) is 59.5 Å². The lowest BCUT2D eigenvalue weighted by Gasteiger charge is -2.19. The van der Waals surface area contributed by atoms with Crippen molar-refractivity contribution >= 4 is 11.3 Å². The van der Waals surface area contributed by atoms with Gasteiger partial charge in [-0.25, -0.2) is 0 Å². The Morgan fingerprint density at radius 1 is 0.905 bits per heavy atom. The van der Waals surface area contributed by atoms with E-state index in [0.29, 0.717) is 11.8 Å². The Labute approximate surface area is 132 Å². The monoisotopic (exact) mass is 302 g/mol. The van der Waals surface area contributed by atoms with E-state index in [1.165, 1.54) is 21.6 Å². The molecule has 1 aromatic carbocycles. The van der Waals surface area contributed by atoms with E-state index in [1.807, 2.05) is 0 Å². The van der Waals surface area contributed by atoms with Crippen molar-refractivity contribution in [2.24, 2.45) is 0 Å². The number of hydrogen-bond acceptors (Lipinski definition) is 2. The number of benzene rings is 1. The maximum absolute atomic E-state index is 10.8. The normalized spacial score (nSPS) is 13.2. The van der Waals surface area contributed by atoms with Crippen LogP contribution < -0.4 is 0 Å². The Morgan fingerprint density at radius 3 is 2.05 bits per heavy atom. The molecule has 0 bridgehead atoms. The van der Waals surface area contributed by atoms with Gasteiger partial charge in [-0.3, -0.25) is 0 Å². The molecule has 2 aromatic rings. The van der Waals surface area contributed by atoms with E-state index >= 15 is 0 Å². The summed E-state index contributed by atoms with van der Waals surface area (Å²) in [6.45, 7) is 13.0. The third-order valence-corrected chi connectivity index (χ3v) is 5.35. The SMILES string of the molecule is Cc1cc(C(O)c2ccc(C(C)C)cc2C(C)C)sc1C. The predicted molar refractivity (Wildman–Crippen MR) is 92.5 cm³/mol. The first-order valence-electron chi connectivity index (χ1n) is 7.70. The summed E-state index contributed by atoms with van der Waals surface area (Å²) in [7, 11) is 0. The van der Waals surface area contributed by atoms with E-state index in [9.17, 15) is 5.11 Å². The second kappa shape index (κ2) is 6.33. The van der Waals surface area contributed by atoms with Crippen LogP contribution in [0.15, 0.2) is 24.3 Å². The van der Waals surface area contributed by atoms with Crippen molar-refractivity contribution in [1.29, 1.82) is 0 Å². The lowest BCUT2D eigenvalue weighted by atomic mass is 9.89. The topological polar surface area (TPSA) is 20.2 Å². The van der Waals surface area contributed by atoms with Gasteiger partial charge in [0.2, 0.25) is 0 Å². The number of aryl methyl sites for hydroxylation is 2. The summed E-state index contributed by atoms with van der Waals surface area (Å²) in [6.07, 6.45) is -0.513. The molecule has 0 saturated carbocycles. The van der Waals surface area contributed by atoms with Gasteiger partial charge in [0.05, 0.1) is 0 Å². The highest BCUT2D eigenvalue weighted by atomic mass is 32.1. The summed E-state index contributed by atoms with van der Waals surface area (Å²) in [5.41, 5.74) is 4.92. The maximum Gasteiger partial charge on any atom is 0.113 e. The number of thiophene rings is 1. The van der Waals surface area contributed by atoms with Crippen molar-refractivity contribution in [3.63, 3.8) is 0 Å². The minimum Gasteiger partial charge on any atom is -0.383 e. The molecule has 2 rings (SSSR count). The molecule has 0 saturated heterocycles. The third kappa shape index (κ3) is 3.38. The van der Waals surface area contributed by atoms with Gasteiger partial charge in [-0.15, -0.1) is 11.3 Å². The molecule has 21 heavy (non-hydrogen) atoms. The van der Waals surface area contributed by atoms with E-state index in [1.54, 1.807) is 11.3 Å². The zero-order chi connectivity index (χ0) is 15.7. The zero-order valence-electron chi connectivity index (χ0n) is 13.9. The first-order chi connectivity index (χ1) is 9.81. The van der Waals surface area contributed by atoms with E-state index in [2.05, 4.69) is 65.8 Å². The van der Waals surface area contributed by atoms with Crippen LogP contribution in [-0.2, 0) is 0 Å². The number of aliphatic hydroxyl groups is 1. The van der Waals surface area contributed by atoms with E-state index in [4.69, 9.17) is 0 Å². The van der Waals surface area contributed by atoms with Crippen LogP contribution in [-0.4, -0.2) is 5.11 Å². The van der Waals surface area contributed by atoms with Gasteiger partial charge in [0, 0.05) is 9.75 Å². The third-order valence-electron chi connectivity index (χ3n) is 4.15. The molecular weight excluding hydrogens is 276 g/mol. The first kappa shape index (κ1) is 16.3. The van der Waals surface area contributed by atoms with E-state index in [-0.39, 0.29) is 0 Å². The zero-order valence-corrected chi connectivity index (χ0v) is 14.7. The Kier molecular flexibility index (Phi) is 4.90. The average molecular weight is 302 g/mol. The van der Waals surface area contributed by atoms with Gasteiger partial charge in [0.1, 0.15) is 6.10 Å². The molecule has 1 aromatic heterocycles. The minimum atomic E-state index is -0.513. The van der Waals surface area contributed by atoms with Crippen molar-refractivity contribution < 1.29 is 5.11 Å². The molecule has 0 aliphatic rings. The van der Waals surface area contributed by atoms with Crippen LogP contribution in [0.5, 0.6) is 0 Å². The fourth-order valence-corrected chi connectivity index (χ4v) is 3.64. The highest BCUT2D eigenvalue weighted by Gasteiger charge is 2.19. The highest BCUT2D eigenvalue weighted by molar-refractivity contribution is 7.12. The minimum absolute atomic E-state index is 0.413. The molecule has 0 amide bonds. The molecular formula is C19H26OS. The Hall–Kier alpha value is -1.12. The highest BCUT2D eigenvalue weighted by Crippen LogP contribution is 2.35. The number of rotatable bonds is 4. The van der Waals surface area contributed by atoms with Crippen LogP contribution in [0, 0.1) is 13.8 Å². The van der Waals surface area contributed by atoms with Gasteiger partial charge in [0.25, 0.3) is 0 Å². The summed E-state index contributed by atoms with van der Waals surface area (Å²) >= 11 is 1.70. The molecule has 114 valence electrons. The van der Waals surface area contributed by atoms with Gasteiger partial charge < -0.3 is 5.11 Å². The second-order valence-corrected chi connectivity index (χ2v) is 7.78. The summed E-state index contributed by atoms with van der Waals surface area (Å²) < 4.78 is 0. The van der Waals surface area contributed by atoms with E-state index < -0.39 is 6.10 Å². The Balaban J connectivity index is 2.47. The largest absolute Gasteiger partial charge is 0.383 e. The van der Waals surface area contributed by atoms with Crippen molar-refractivity contribution in [3.05, 3.63) is 56.3 Å². The van der Waals surface area contributed by atoms with Crippen LogP contribution in [0.2, 0.25) is 0 Å². The standard InChI is InChI=1S/C19H26OS/c1-11(2)15-7-8-16(17(10-15)12(3)4)19(20)18-9-13(5)14(6)21-18/h7-12,19-20H,1-6H3. The first-order valence-corrected chi connectivity index (χ1v) is 8.51. The molecule has 0 fully saturated rings. The van der Waals surface area contributed by atoms with Crippen LogP contribution in [0.25, 0.3) is 0 Å². The van der Waals surface area contributed by atoms with Crippen LogP contribution in [0.1, 0.15) is 77.6 Å². The van der Waals surface area contributed by atoms with Crippen LogP contribution >= 0.6 is 11.3 Å². The molecule has 0 aliphatic carbocycles. The van der Waals surface area contributed by atoms with Gasteiger partial charge >= 0.3 is 0 Å². The molecule has 1 unspecified atom stereocenters. The lowest BCUT2D eigenvalue weighted by Crippen LogP contribution is -2.05. The van der Waals surface area contributed by atoms with Crippen molar-refractivity contribution in [1.82, 2.24) is 0 Å². The summed E-state index contributed by atoms with van der Waals surface area (Å²) in [5, 5.41) is 10.8. The summed E-state index contributed by atoms with van der Waals surface area (Å²) in [5.74, 6) is 0.926. The van der Waals surface area contributed by atoms with E-state index in [0.717, 1.165) is 10.4 Å². The number of hydrogen-bond donors (Lipinski definition) is 1. The molecule has 1 atom stereocenters. The van der Waals surface area contributed by atoms with Gasteiger partial charge in [0.15, 0.2) is 0 Å². The predicted octanol–water partition coefficient (Wildman–Crippen LogP) is 5.69. The second-order valence-electron chi connectivity index (χ2n) is 6.49. The van der Waals surface area contributed by atoms with Gasteiger partial charge in [-0.05, 0) is 54.0 Å². The molecule has 0 aliphatic heterocycles. The molecule has 0 spiro atoms. The Morgan fingerprint density at radius 2 is 1.57 bits per heavy atom. The van der Waals surface area contributed by atoms with Gasteiger partial charge in [-0.1, -0.05) is 45.9 Å². The molecule has 2 heteroatoms. The summed E-state index contributed by atoms with van der Waals surface area (Å²) in [4.78, 5) is 2.33. The Bertz CT molecular complexity index is 603. The van der Waals surface area contributed by atoms with Crippen molar-refractivity contribution in [3.8, 4) is 0 Å². The molecule has 1 N–H and O–H groups in total.